The van der Waals surface area contributed by atoms with Crippen LogP contribution in [0.15, 0.2) is 41.7 Å². The molecule has 0 fully saturated rings. The Morgan fingerprint density at radius 1 is 1.33 bits per heavy atom. The zero-order valence-electron chi connectivity index (χ0n) is 11.0. The molecule has 0 saturated heterocycles. The second kappa shape index (κ2) is 6.81. The standard InChI is InChI=1S/C12H14ClN5O2S/c13-11-6-10(8-16-12(11)18-14)21(19,20)17-5-3-9-2-1-4-15-7-9/h1-2,4,6-8,17H,3,5,14H2,(H,16,18). The Morgan fingerprint density at radius 2 is 2.14 bits per heavy atom. The normalized spacial score (nSPS) is 11.3. The summed E-state index contributed by atoms with van der Waals surface area (Å²) < 4.78 is 26.7. The number of nitrogens with zero attached hydrogens (tertiary/aromatic N) is 2. The fourth-order valence-electron chi connectivity index (χ4n) is 1.63. The van der Waals surface area contributed by atoms with E-state index in [1.807, 2.05) is 6.07 Å². The van der Waals surface area contributed by atoms with E-state index in [4.69, 9.17) is 17.4 Å². The number of aromatic nitrogens is 2. The van der Waals surface area contributed by atoms with E-state index in [1.165, 1.54) is 12.3 Å². The summed E-state index contributed by atoms with van der Waals surface area (Å²) in [5.74, 6) is 5.40. The molecule has 7 nitrogen and oxygen atoms in total. The van der Waals surface area contributed by atoms with Crippen LogP contribution in [-0.2, 0) is 16.4 Å². The van der Waals surface area contributed by atoms with Crippen molar-refractivity contribution in [2.45, 2.75) is 11.3 Å². The average molecular weight is 328 g/mol. The molecule has 0 saturated carbocycles. The fraction of sp³-hybridized carbons (Fsp3) is 0.167. The molecule has 112 valence electrons. The Kier molecular flexibility index (Phi) is 5.07. The van der Waals surface area contributed by atoms with Gasteiger partial charge in [0.1, 0.15) is 4.90 Å². The minimum Gasteiger partial charge on any atom is -0.307 e. The monoisotopic (exact) mass is 327 g/mol. The Bertz CT molecular complexity index is 709. The van der Waals surface area contributed by atoms with E-state index in [0.717, 1.165) is 5.56 Å². The molecule has 2 aromatic heterocycles. The van der Waals surface area contributed by atoms with Crippen LogP contribution in [0, 0.1) is 0 Å². The van der Waals surface area contributed by atoms with Crippen molar-refractivity contribution in [3.8, 4) is 0 Å². The number of hydrogen-bond acceptors (Lipinski definition) is 6. The molecule has 0 spiro atoms. The van der Waals surface area contributed by atoms with Crippen molar-refractivity contribution >= 4 is 27.4 Å². The van der Waals surface area contributed by atoms with E-state index in [9.17, 15) is 8.42 Å². The first-order chi connectivity index (χ1) is 10.0. The molecule has 0 aromatic carbocycles. The minimum atomic E-state index is -3.66. The molecule has 21 heavy (non-hydrogen) atoms. The van der Waals surface area contributed by atoms with Crippen molar-refractivity contribution in [3.05, 3.63) is 47.4 Å². The van der Waals surface area contributed by atoms with Gasteiger partial charge < -0.3 is 5.43 Å². The summed E-state index contributed by atoms with van der Waals surface area (Å²) >= 11 is 5.86. The molecule has 0 atom stereocenters. The summed E-state index contributed by atoms with van der Waals surface area (Å²) in [6, 6.07) is 4.96. The number of hydrazine groups is 1. The van der Waals surface area contributed by atoms with Gasteiger partial charge in [0.05, 0.1) is 5.02 Å². The minimum absolute atomic E-state index is 0.0160. The molecule has 0 aliphatic rings. The number of rotatable bonds is 6. The van der Waals surface area contributed by atoms with E-state index < -0.39 is 10.0 Å². The van der Waals surface area contributed by atoms with Crippen molar-refractivity contribution < 1.29 is 8.42 Å². The first kappa shape index (κ1) is 15.6. The SMILES string of the molecule is NNc1ncc(S(=O)(=O)NCCc2cccnc2)cc1Cl. The van der Waals surface area contributed by atoms with Gasteiger partial charge in [0.25, 0.3) is 0 Å². The zero-order valence-corrected chi connectivity index (χ0v) is 12.5. The number of pyridine rings is 2. The highest BCUT2D eigenvalue weighted by Gasteiger charge is 2.16. The Labute approximate surface area is 127 Å². The van der Waals surface area contributed by atoms with Crippen LogP contribution >= 0.6 is 11.6 Å². The highest BCUT2D eigenvalue weighted by molar-refractivity contribution is 7.89. The molecule has 0 radical (unpaired) electrons. The van der Waals surface area contributed by atoms with Gasteiger partial charge in [-0.1, -0.05) is 17.7 Å². The van der Waals surface area contributed by atoms with Gasteiger partial charge in [-0.05, 0) is 24.1 Å². The van der Waals surface area contributed by atoms with Crippen LogP contribution in [0.4, 0.5) is 5.82 Å². The fourth-order valence-corrected chi connectivity index (χ4v) is 2.92. The lowest BCUT2D eigenvalue weighted by molar-refractivity contribution is 0.581. The Balaban J connectivity index is 2.03. The predicted octanol–water partition coefficient (Wildman–Crippen LogP) is 0.937. The lowest BCUT2D eigenvalue weighted by atomic mass is 10.2. The third-order valence-corrected chi connectivity index (χ3v) is 4.41. The van der Waals surface area contributed by atoms with Gasteiger partial charge in [-0.15, -0.1) is 0 Å². The van der Waals surface area contributed by atoms with Crippen LogP contribution < -0.4 is 16.0 Å². The lowest BCUT2D eigenvalue weighted by Gasteiger charge is -2.08. The molecule has 2 heterocycles. The summed E-state index contributed by atoms with van der Waals surface area (Å²) in [6.45, 7) is 0.253. The maximum Gasteiger partial charge on any atom is 0.242 e. The van der Waals surface area contributed by atoms with Crippen molar-refractivity contribution in [3.63, 3.8) is 0 Å². The highest BCUT2D eigenvalue weighted by Crippen LogP contribution is 2.21. The number of halogens is 1. The molecule has 2 aromatic rings. The van der Waals surface area contributed by atoms with Crippen LogP contribution in [-0.4, -0.2) is 24.9 Å². The summed E-state index contributed by atoms with van der Waals surface area (Å²) in [5.41, 5.74) is 3.22. The molecule has 9 heteroatoms. The molecular weight excluding hydrogens is 314 g/mol. The Hall–Kier alpha value is -1.74. The van der Waals surface area contributed by atoms with E-state index >= 15 is 0 Å². The van der Waals surface area contributed by atoms with Gasteiger partial charge >= 0.3 is 0 Å². The van der Waals surface area contributed by atoms with E-state index in [1.54, 1.807) is 18.5 Å². The molecular formula is C12H14ClN5O2S. The van der Waals surface area contributed by atoms with Crippen molar-refractivity contribution in [1.82, 2.24) is 14.7 Å². The number of nitrogen functional groups attached to an aromatic ring is 1. The molecule has 4 N–H and O–H groups in total. The van der Waals surface area contributed by atoms with Gasteiger partial charge in [0, 0.05) is 25.1 Å². The van der Waals surface area contributed by atoms with Crippen molar-refractivity contribution in [2.24, 2.45) is 5.84 Å². The number of nitrogens with two attached hydrogens (primary N) is 1. The van der Waals surface area contributed by atoms with Gasteiger partial charge in [-0.2, -0.15) is 0 Å². The second-order valence-electron chi connectivity index (χ2n) is 4.15. The van der Waals surface area contributed by atoms with E-state index in [-0.39, 0.29) is 22.3 Å². The van der Waals surface area contributed by atoms with Crippen molar-refractivity contribution in [1.29, 1.82) is 0 Å². The predicted molar refractivity (Wildman–Crippen MR) is 80.2 cm³/mol. The molecule has 0 aliphatic carbocycles. The van der Waals surface area contributed by atoms with Gasteiger partial charge in [-0.25, -0.2) is 24.0 Å². The zero-order chi connectivity index (χ0) is 15.3. The van der Waals surface area contributed by atoms with Crippen LogP contribution in [0.3, 0.4) is 0 Å². The largest absolute Gasteiger partial charge is 0.307 e. The molecule has 0 amide bonds. The first-order valence-corrected chi connectivity index (χ1v) is 7.90. The quantitative estimate of drug-likeness (QED) is 0.538. The maximum absolute atomic E-state index is 12.1. The molecule has 0 aliphatic heterocycles. The third-order valence-electron chi connectivity index (χ3n) is 2.69. The maximum atomic E-state index is 12.1. The van der Waals surface area contributed by atoms with Crippen molar-refractivity contribution in [2.75, 3.05) is 12.0 Å². The third kappa shape index (κ3) is 4.11. The Morgan fingerprint density at radius 3 is 2.76 bits per heavy atom. The smallest absolute Gasteiger partial charge is 0.242 e. The number of sulfonamides is 1. The summed E-state index contributed by atoms with van der Waals surface area (Å²) in [6.07, 6.45) is 5.08. The van der Waals surface area contributed by atoms with E-state index in [2.05, 4.69) is 20.1 Å². The average Bonchev–Trinajstić information content (AvgIpc) is 2.48. The van der Waals surface area contributed by atoms with E-state index in [0.29, 0.717) is 6.42 Å². The van der Waals surface area contributed by atoms with Gasteiger partial charge in [0.2, 0.25) is 10.0 Å². The summed E-state index contributed by atoms with van der Waals surface area (Å²) in [5, 5.41) is 0.132. The highest BCUT2D eigenvalue weighted by atomic mass is 35.5. The number of hydrogen-bond donors (Lipinski definition) is 3. The molecule has 0 unspecified atom stereocenters. The summed E-state index contributed by atoms with van der Waals surface area (Å²) in [7, 11) is -3.66. The summed E-state index contributed by atoms with van der Waals surface area (Å²) in [4.78, 5) is 7.78. The molecule has 2 rings (SSSR count). The lowest BCUT2D eigenvalue weighted by Crippen LogP contribution is -2.26. The molecule has 0 bridgehead atoms. The number of anilines is 1. The number of nitrogens with one attached hydrogen (secondary N) is 2. The van der Waals surface area contributed by atoms with Crippen LogP contribution in [0.5, 0.6) is 0 Å². The van der Waals surface area contributed by atoms with Gasteiger partial charge in [0.15, 0.2) is 5.82 Å². The topological polar surface area (TPSA) is 110 Å². The second-order valence-corrected chi connectivity index (χ2v) is 6.33. The van der Waals surface area contributed by atoms with Gasteiger partial charge in [-0.3, -0.25) is 4.98 Å². The first-order valence-electron chi connectivity index (χ1n) is 6.03. The van der Waals surface area contributed by atoms with Crippen LogP contribution in [0.1, 0.15) is 5.56 Å². The van der Waals surface area contributed by atoms with Crippen LogP contribution in [0.2, 0.25) is 5.02 Å². The van der Waals surface area contributed by atoms with Crippen LogP contribution in [0.25, 0.3) is 0 Å².